The molecule has 1 nitrogen and oxygen atoms in total. The van der Waals surface area contributed by atoms with E-state index in [0.29, 0.717) is 18.8 Å². The topological polar surface area (TPSA) is 23.9 Å². The van der Waals surface area contributed by atoms with Crippen LogP contribution in [0.4, 0.5) is 4.39 Å². The van der Waals surface area contributed by atoms with Gasteiger partial charge in [0, 0.05) is 6.21 Å². The van der Waals surface area contributed by atoms with Gasteiger partial charge in [0.15, 0.2) is 0 Å². The van der Waals surface area contributed by atoms with Crippen molar-refractivity contribution in [1.82, 2.24) is 0 Å². The van der Waals surface area contributed by atoms with E-state index in [1.807, 2.05) is 6.92 Å². The summed E-state index contributed by atoms with van der Waals surface area (Å²) >= 11 is 0. The molecule has 1 aliphatic rings. The third-order valence-corrected chi connectivity index (χ3v) is 3.15. The quantitative estimate of drug-likeness (QED) is 0.664. The third-order valence-electron chi connectivity index (χ3n) is 3.15. The number of hydrogen-bond donors (Lipinski definition) is 1. The maximum Gasteiger partial charge on any atom is 0.108 e. The van der Waals surface area contributed by atoms with Crippen LogP contribution in [0.15, 0.2) is 11.6 Å². The summed E-state index contributed by atoms with van der Waals surface area (Å²) in [6.07, 6.45) is 7.88. The van der Waals surface area contributed by atoms with Gasteiger partial charge in [-0.15, -0.1) is 0 Å². The van der Waals surface area contributed by atoms with Gasteiger partial charge >= 0.3 is 0 Å². The number of allylic oxidation sites excluding steroid dienone is 2. The molecule has 0 heterocycles. The second kappa shape index (κ2) is 4.72. The van der Waals surface area contributed by atoms with Crippen molar-refractivity contribution >= 4 is 6.21 Å². The minimum atomic E-state index is -0.920. The molecule has 0 saturated heterocycles. The summed E-state index contributed by atoms with van der Waals surface area (Å²) in [5.41, 5.74) is 0.0927. The molecule has 0 aromatic heterocycles. The fraction of sp³-hybridized carbons (Fsp3) is 0.750. The number of nitrogens with one attached hydrogen (secondary N) is 1. The Morgan fingerprint density at radius 1 is 1.50 bits per heavy atom. The Morgan fingerprint density at radius 2 is 2.07 bits per heavy atom. The van der Waals surface area contributed by atoms with Crippen molar-refractivity contribution < 1.29 is 4.39 Å². The highest BCUT2D eigenvalue weighted by Gasteiger charge is 2.29. The van der Waals surface area contributed by atoms with Gasteiger partial charge in [-0.3, -0.25) is 0 Å². The van der Waals surface area contributed by atoms with E-state index in [0.717, 1.165) is 24.8 Å². The van der Waals surface area contributed by atoms with Crippen molar-refractivity contribution in [3.63, 3.8) is 0 Å². The van der Waals surface area contributed by atoms with Crippen LogP contribution in [0.3, 0.4) is 0 Å². The van der Waals surface area contributed by atoms with Crippen molar-refractivity contribution in [3.05, 3.63) is 11.6 Å². The van der Waals surface area contributed by atoms with Crippen LogP contribution in [0.1, 0.15) is 46.0 Å². The first-order valence-electron chi connectivity index (χ1n) is 5.40. The summed E-state index contributed by atoms with van der Waals surface area (Å²) in [6.45, 7) is 3.65. The van der Waals surface area contributed by atoms with Crippen molar-refractivity contribution in [2.75, 3.05) is 0 Å². The predicted octanol–water partition coefficient (Wildman–Crippen LogP) is 3.89. The summed E-state index contributed by atoms with van der Waals surface area (Å²) in [6, 6.07) is 0. The van der Waals surface area contributed by atoms with E-state index in [4.69, 9.17) is 5.41 Å². The predicted molar refractivity (Wildman–Crippen MR) is 58.6 cm³/mol. The average Bonchev–Trinajstić information content (AvgIpc) is 2.16. The van der Waals surface area contributed by atoms with Gasteiger partial charge in [0.05, 0.1) is 0 Å². The zero-order chi connectivity index (χ0) is 10.6. The Morgan fingerprint density at radius 3 is 2.57 bits per heavy atom. The van der Waals surface area contributed by atoms with Crippen LogP contribution in [0.5, 0.6) is 0 Å². The lowest BCUT2D eigenvalue weighted by atomic mass is 9.79. The Kier molecular flexibility index (Phi) is 3.85. The molecule has 1 N–H and O–H groups in total. The van der Waals surface area contributed by atoms with Crippen LogP contribution in [0.25, 0.3) is 0 Å². The van der Waals surface area contributed by atoms with E-state index in [-0.39, 0.29) is 0 Å². The van der Waals surface area contributed by atoms with Crippen LogP contribution in [-0.2, 0) is 0 Å². The summed E-state index contributed by atoms with van der Waals surface area (Å²) in [5, 5.41) is 7.04. The van der Waals surface area contributed by atoms with Crippen molar-refractivity contribution in [2.45, 2.75) is 51.6 Å². The molecular formula is C12H20FN. The molecule has 1 saturated carbocycles. The molecule has 80 valence electrons. The molecule has 0 unspecified atom stereocenters. The smallest absolute Gasteiger partial charge is 0.108 e. The van der Waals surface area contributed by atoms with E-state index < -0.39 is 5.67 Å². The number of hydrogen-bond acceptors (Lipinski definition) is 1. The fourth-order valence-electron chi connectivity index (χ4n) is 1.93. The Balaban J connectivity index is 2.33. The maximum atomic E-state index is 13.5. The highest BCUT2D eigenvalue weighted by molar-refractivity contribution is 5.74. The molecular weight excluding hydrogens is 177 g/mol. The van der Waals surface area contributed by atoms with Crippen molar-refractivity contribution in [3.8, 4) is 0 Å². The first kappa shape index (κ1) is 11.4. The highest BCUT2D eigenvalue weighted by atomic mass is 19.1. The van der Waals surface area contributed by atoms with E-state index in [1.54, 1.807) is 6.92 Å². The molecule has 2 heteroatoms. The van der Waals surface area contributed by atoms with Crippen LogP contribution in [0.2, 0.25) is 0 Å². The van der Waals surface area contributed by atoms with E-state index >= 15 is 0 Å². The molecule has 0 atom stereocenters. The number of rotatable bonds is 3. The molecule has 0 bridgehead atoms. The first-order chi connectivity index (χ1) is 6.53. The van der Waals surface area contributed by atoms with Gasteiger partial charge in [0.2, 0.25) is 0 Å². The average molecular weight is 197 g/mol. The van der Waals surface area contributed by atoms with Crippen LogP contribution in [0, 0.1) is 11.3 Å². The van der Waals surface area contributed by atoms with E-state index in [2.05, 4.69) is 6.08 Å². The molecule has 0 aromatic carbocycles. The van der Waals surface area contributed by atoms with Gasteiger partial charge in [0.1, 0.15) is 5.67 Å². The van der Waals surface area contributed by atoms with Crippen LogP contribution >= 0.6 is 0 Å². The monoisotopic (exact) mass is 197 g/mol. The van der Waals surface area contributed by atoms with E-state index in [1.165, 1.54) is 6.21 Å². The number of halogens is 1. The van der Waals surface area contributed by atoms with Gasteiger partial charge in [0.25, 0.3) is 0 Å². The summed E-state index contributed by atoms with van der Waals surface area (Å²) in [5.74, 6) is 0.633. The molecule has 1 rings (SSSR count). The molecule has 1 aliphatic carbocycles. The molecule has 0 aliphatic heterocycles. The van der Waals surface area contributed by atoms with Crippen LogP contribution in [-0.4, -0.2) is 11.9 Å². The van der Waals surface area contributed by atoms with Crippen molar-refractivity contribution in [1.29, 1.82) is 5.41 Å². The second-order valence-electron chi connectivity index (χ2n) is 4.68. The molecule has 0 amide bonds. The van der Waals surface area contributed by atoms with Crippen molar-refractivity contribution in [2.24, 2.45) is 5.92 Å². The fourth-order valence-corrected chi connectivity index (χ4v) is 1.93. The minimum Gasteiger partial charge on any atom is -0.308 e. The van der Waals surface area contributed by atoms with Gasteiger partial charge in [-0.05, 0) is 57.4 Å². The Bertz CT molecular complexity index is 220. The summed E-state index contributed by atoms with van der Waals surface area (Å²) in [4.78, 5) is 0. The molecule has 0 spiro atoms. The lowest BCUT2D eigenvalue weighted by molar-refractivity contribution is 0.104. The number of alkyl halides is 1. The molecule has 0 aromatic rings. The lowest BCUT2D eigenvalue weighted by Gasteiger charge is -2.30. The second-order valence-corrected chi connectivity index (χ2v) is 4.68. The standard InChI is InChI=1S/C12H20FN/c1-10(9-14)3-4-11-5-7-12(2,13)8-6-11/h3,9,11,14H,4-8H2,1-2H3/b10-3-,14-9?. The maximum absolute atomic E-state index is 13.5. The highest BCUT2D eigenvalue weighted by Crippen LogP contribution is 2.36. The zero-order valence-corrected chi connectivity index (χ0v) is 9.15. The Hall–Kier alpha value is -0.660. The minimum absolute atomic E-state index is 0.633. The van der Waals surface area contributed by atoms with Gasteiger partial charge in [-0.1, -0.05) is 6.08 Å². The van der Waals surface area contributed by atoms with Gasteiger partial charge in [-0.25, -0.2) is 4.39 Å². The largest absolute Gasteiger partial charge is 0.308 e. The SMILES string of the molecule is C/C(C=N)=C/CC1CCC(C)(F)CC1. The third kappa shape index (κ3) is 3.60. The summed E-state index contributed by atoms with van der Waals surface area (Å²) < 4.78 is 13.5. The Labute approximate surface area is 85.9 Å². The summed E-state index contributed by atoms with van der Waals surface area (Å²) in [7, 11) is 0. The first-order valence-corrected chi connectivity index (χ1v) is 5.40. The van der Waals surface area contributed by atoms with Gasteiger partial charge in [-0.2, -0.15) is 0 Å². The normalized spacial score (nSPS) is 34.2. The molecule has 14 heavy (non-hydrogen) atoms. The lowest BCUT2D eigenvalue weighted by Crippen LogP contribution is -2.25. The zero-order valence-electron chi connectivity index (χ0n) is 9.15. The van der Waals surface area contributed by atoms with E-state index in [9.17, 15) is 4.39 Å². The van der Waals surface area contributed by atoms with Crippen LogP contribution < -0.4 is 0 Å². The molecule has 0 radical (unpaired) electrons. The molecule has 1 fully saturated rings. The van der Waals surface area contributed by atoms with Gasteiger partial charge < -0.3 is 5.41 Å².